The first kappa shape index (κ1) is 12.3. The summed E-state index contributed by atoms with van der Waals surface area (Å²) in [7, 11) is 0. The van der Waals surface area contributed by atoms with Gasteiger partial charge in [0.25, 0.3) is 0 Å². The summed E-state index contributed by atoms with van der Waals surface area (Å²) >= 11 is 0. The molecule has 0 saturated heterocycles. The van der Waals surface area contributed by atoms with E-state index in [0.29, 0.717) is 0 Å². The third-order valence-electron chi connectivity index (χ3n) is 3.76. The highest BCUT2D eigenvalue weighted by Crippen LogP contribution is 2.21. The molecule has 3 nitrogen and oxygen atoms in total. The smallest absolute Gasteiger partial charge is 0.159 e. The summed E-state index contributed by atoms with van der Waals surface area (Å²) in [5.74, 6) is 0.862. The molecule has 1 N–H and O–H groups in total. The Morgan fingerprint density at radius 1 is 1.16 bits per heavy atom. The Morgan fingerprint density at radius 3 is 2.68 bits per heavy atom. The van der Waals surface area contributed by atoms with Crippen molar-refractivity contribution in [3.05, 3.63) is 46.8 Å². The first-order chi connectivity index (χ1) is 9.28. The number of benzene rings is 1. The van der Waals surface area contributed by atoms with Crippen LogP contribution in [0.1, 0.15) is 29.4 Å². The molecule has 0 atom stereocenters. The number of hydrogen-bond donors (Lipinski definition) is 1. The molecule has 3 rings (SSSR count). The van der Waals surface area contributed by atoms with Gasteiger partial charge in [-0.25, -0.2) is 9.97 Å². The van der Waals surface area contributed by atoms with Crippen molar-refractivity contribution in [2.75, 3.05) is 6.54 Å². The molecule has 0 aliphatic carbocycles. The summed E-state index contributed by atoms with van der Waals surface area (Å²) in [5.41, 5.74) is 6.05. The zero-order chi connectivity index (χ0) is 13.2. The molecule has 2 aromatic rings. The van der Waals surface area contributed by atoms with Crippen LogP contribution in [0.2, 0.25) is 0 Å². The topological polar surface area (TPSA) is 37.8 Å². The van der Waals surface area contributed by atoms with Gasteiger partial charge in [0.15, 0.2) is 5.82 Å². The van der Waals surface area contributed by atoms with E-state index in [2.05, 4.69) is 48.4 Å². The molecule has 1 aromatic heterocycles. The maximum Gasteiger partial charge on any atom is 0.159 e. The van der Waals surface area contributed by atoms with Crippen LogP contribution in [0.5, 0.6) is 0 Å². The van der Waals surface area contributed by atoms with Gasteiger partial charge < -0.3 is 5.32 Å². The van der Waals surface area contributed by atoms with Crippen molar-refractivity contribution in [2.45, 2.75) is 33.2 Å². The summed E-state index contributed by atoms with van der Waals surface area (Å²) in [6, 6.07) is 8.58. The van der Waals surface area contributed by atoms with E-state index in [1.807, 2.05) is 0 Å². The van der Waals surface area contributed by atoms with Crippen LogP contribution in [0.25, 0.3) is 11.4 Å². The largest absolute Gasteiger partial charge is 0.312 e. The maximum absolute atomic E-state index is 4.75. The molecular formula is C16H19N3. The molecule has 0 unspecified atom stereocenters. The molecule has 0 bridgehead atoms. The van der Waals surface area contributed by atoms with Crippen LogP contribution in [0, 0.1) is 6.92 Å². The minimum absolute atomic E-state index is 0.862. The lowest BCUT2D eigenvalue weighted by Gasteiger charge is -2.18. The molecule has 98 valence electrons. The van der Waals surface area contributed by atoms with Gasteiger partial charge in [-0.3, -0.25) is 0 Å². The summed E-state index contributed by atoms with van der Waals surface area (Å²) in [6.45, 7) is 6.16. The normalized spacial score (nSPS) is 14.2. The summed E-state index contributed by atoms with van der Waals surface area (Å²) in [4.78, 5) is 9.41. The number of nitrogens with one attached hydrogen (secondary N) is 1. The van der Waals surface area contributed by atoms with Gasteiger partial charge in [-0.05, 0) is 18.9 Å². The lowest BCUT2D eigenvalue weighted by atomic mass is 10.0. The van der Waals surface area contributed by atoms with Crippen LogP contribution in [0.3, 0.4) is 0 Å². The molecule has 0 spiro atoms. The average Bonchev–Trinajstić information content (AvgIpc) is 2.47. The number of rotatable bonds is 2. The molecule has 0 saturated carbocycles. The predicted molar refractivity (Wildman–Crippen MR) is 77.0 cm³/mol. The third-order valence-corrected chi connectivity index (χ3v) is 3.76. The van der Waals surface area contributed by atoms with Gasteiger partial charge >= 0.3 is 0 Å². The van der Waals surface area contributed by atoms with E-state index in [4.69, 9.17) is 4.98 Å². The van der Waals surface area contributed by atoms with Crippen molar-refractivity contribution in [1.29, 1.82) is 0 Å². The van der Waals surface area contributed by atoms with Gasteiger partial charge in [-0.2, -0.15) is 0 Å². The van der Waals surface area contributed by atoms with Crippen LogP contribution in [-0.2, 0) is 19.4 Å². The quantitative estimate of drug-likeness (QED) is 0.894. The second-order valence-corrected chi connectivity index (χ2v) is 5.04. The van der Waals surface area contributed by atoms with Gasteiger partial charge in [0.05, 0.1) is 5.69 Å². The molecule has 1 aromatic carbocycles. The van der Waals surface area contributed by atoms with Crippen LogP contribution >= 0.6 is 0 Å². The zero-order valence-electron chi connectivity index (χ0n) is 11.5. The Labute approximate surface area is 114 Å². The van der Waals surface area contributed by atoms with Crippen molar-refractivity contribution in [2.24, 2.45) is 0 Å². The SMILES string of the molecule is CCc1ccc(-c2nc(C)c3c(n2)CCNC3)cc1. The molecular weight excluding hydrogens is 234 g/mol. The third kappa shape index (κ3) is 2.38. The lowest BCUT2D eigenvalue weighted by molar-refractivity contribution is 0.622. The Hall–Kier alpha value is -1.74. The predicted octanol–water partition coefficient (Wildman–Crippen LogP) is 2.66. The number of fused-ring (bicyclic) bond motifs is 1. The minimum atomic E-state index is 0.862. The van der Waals surface area contributed by atoms with Gasteiger partial charge in [-0.15, -0.1) is 0 Å². The fourth-order valence-electron chi connectivity index (χ4n) is 2.53. The standard InChI is InChI=1S/C16H19N3/c1-3-12-4-6-13(7-5-12)16-18-11(2)14-10-17-9-8-15(14)19-16/h4-7,17H,3,8-10H2,1-2H3. The fraction of sp³-hybridized carbons (Fsp3) is 0.375. The van der Waals surface area contributed by atoms with Crippen molar-refractivity contribution in [3.63, 3.8) is 0 Å². The first-order valence-electron chi connectivity index (χ1n) is 6.94. The van der Waals surface area contributed by atoms with Crippen molar-refractivity contribution in [1.82, 2.24) is 15.3 Å². The van der Waals surface area contributed by atoms with Crippen molar-refractivity contribution < 1.29 is 0 Å². The van der Waals surface area contributed by atoms with Gasteiger partial charge in [-0.1, -0.05) is 31.2 Å². The minimum Gasteiger partial charge on any atom is -0.312 e. The highest BCUT2D eigenvalue weighted by Gasteiger charge is 2.15. The van der Waals surface area contributed by atoms with E-state index >= 15 is 0 Å². The van der Waals surface area contributed by atoms with Gasteiger partial charge in [0.2, 0.25) is 0 Å². The Balaban J connectivity index is 2.02. The van der Waals surface area contributed by atoms with Crippen LogP contribution in [0.15, 0.2) is 24.3 Å². The molecule has 0 radical (unpaired) electrons. The van der Waals surface area contributed by atoms with E-state index in [-0.39, 0.29) is 0 Å². The molecule has 1 aliphatic heterocycles. The summed E-state index contributed by atoms with van der Waals surface area (Å²) < 4.78 is 0. The maximum atomic E-state index is 4.75. The Morgan fingerprint density at radius 2 is 1.95 bits per heavy atom. The monoisotopic (exact) mass is 253 g/mol. The summed E-state index contributed by atoms with van der Waals surface area (Å²) in [5, 5.41) is 3.38. The first-order valence-corrected chi connectivity index (χ1v) is 6.94. The number of aromatic nitrogens is 2. The van der Waals surface area contributed by atoms with Crippen LogP contribution in [0.4, 0.5) is 0 Å². The Kier molecular flexibility index (Phi) is 3.30. The second kappa shape index (κ2) is 5.10. The number of hydrogen-bond acceptors (Lipinski definition) is 3. The zero-order valence-corrected chi connectivity index (χ0v) is 11.5. The highest BCUT2D eigenvalue weighted by molar-refractivity contribution is 5.56. The number of aryl methyl sites for hydroxylation is 2. The summed E-state index contributed by atoms with van der Waals surface area (Å²) in [6.07, 6.45) is 2.06. The van der Waals surface area contributed by atoms with Crippen molar-refractivity contribution >= 4 is 0 Å². The van der Waals surface area contributed by atoms with Gasteiger partial charge in [0.1, 0.15) is 0 Å². The molecule has 3 heteroatoms. The fourth-order valence-corrected chi connectivity index (χ4v) is 2.53. The molecule has 19 heavy (non-hydrogen) atoms. The molecule has 1 aliphatic rings. The average molecular weight is 253 g/mol. The molecule has 0 fully saturated rings. The highest BCUT2D eigenvalue weighted by atomic mass is 14.9. The lowest BCUT2D eigenvalue weighted by Crippen LogP contribution is -2.26. The van der Waals surface area contributed by atoms with Crippen LogP contribution < -0.4 is 5.32 Å². The second-order valence-electron chi connectivity index (χ2n) is 5.04. The van der Waals surface area contributed by atoms with E-state index in [9.17, 15) is 0 Å². The molecule has 2 heterocycles. The van der Waals surface area contributed by atoms with E-state index in [1.54, 1.807) is 0 Å². The van der Waals surface area contributed by atoms with E-state index in [1.165, 1.54) is 16.8 Å². The van der Waals surface area contributed by atoms with Crippen LogP contribution in [-0.4, -0.2) is 16.5 Å². The Bertz CT molecular complexity index is 588. The van der Waals surface area contributed by atoms with Crippen molar-refractivity contribution in [3.8, 4) is 11.4 Å². The number of nitrogens with zero attached hydrogens (tertiary/aromatic N) is 2. The van der Waals surface area contributed by atoms with Gasteiger partial charge in [0, 0.05) is 36.3 Å². The van der Waals surface area contributed by atoms with E-state index < -0.39 is 0 Å². The van der Waals surface area contributed by atoms with E-state index in [0.717, 1.165) is 43.0 Å². The molecule has 0 amide bonds.